The van der Waals surface area contributed by atoms with Crippen LogP contribution >= 0.6 is 0 Å². The monoisotopic (exact) mass is 358 g/mol. The molecular formula is C16H26N2O5S. The zero-order valence-corrected chi connectivity index (χ0v) is 15.6. The van der Waals surface area contributed by atoms with Gasteiger partial charge in [0.2, 0.25) is 10.0 Å². The normalized spacial score (nSPS) is 13.3. The van der Waals surface area contributed by atoms with Crippen LogP contribution in [-0.2, 0) is 14.8 Å². The standard InChI is InChI=1S/C16H26N2O5S/c1-12(2)18(4)24(21,22)15-8-6-7-13(9-15)16(20)17(3)10-14(19)11-23-5/h6-9,12,14,19H,10-11H2,1-5H3/t14-/m0/s1. The molecule has 0 spiro atoms. The molecular weight excluding hydrogens is 332 g/mol. The highest BCUT2D eigenvalue weighted by Crippen LogP contribution is 2.18. The Kier molecular flexibility index (Phi) is 7.34. The first kappa shape index (κ1) is 20.6. The Morgan fingerprint density at radius 3 is 2.46 bits per heavy atom. The van der Waals surface area contributed by atoms with Crippen LogP contribution in [-0.4, -0.2) is 75.1 Å². The number of methoxy groups -OCH3 is 1. The lowest BCUT2D eigenvalue weighted by molar-refractivity contribution is 0.0380. The van der Waals surface area contributed by atoms with E-state index in [1.165, 1.54) is 41.6 Å². The van der Waals surface area contributed by atoms with E-state index in [9.17, 15) is 18.3 Å². The number of aliphatic hydroxyl groups is 1. The molecule has 8 heteroatoms. The van der Waals surface area contributed by atoms with Gasteiger partial charge >= 0.3 is 0 Å². The molecule has 0 aliphatic rings. The maximum atomic E-state index is 12.5. The van der Waals surface area contributed by atoms with Gasteiger partial charge in [-0.15, -0.1) is 0 Å². The van der Waals surface area contributed by atoms with Gasteiger partial charge in [-0.05, 0) is 32.0 Å². The highest BCUT2D eigenvalue weighted by molar-refractivity contribution is 7.89. The zero-order chi connectivity index (χ0) is 18.5. The van der Waals surface area contributed by atoms with Crippen molar-refractivity contribution >= 4 is 15.9 Å². The summed E-state index contributed by atoms with van der Waals surface area (Å²) < 4.78 is 31.1. The van der Waals surface area contributed by atoms with Crippen molar-refractivity contribution in [1.82, 2.24) is 9.21 Å². The van der Waals surface area contributed by atoms with E-state index in [4.69, 9.17) is 4.74 Å². The van der Waals surface area contributed by atoms with Gasteiger partial charge in [0.15, 0.2) is 0 Å². The van der Waals surface area contributed by atoms with E-state index in [0.29, 0.717) is 0 Å². The zero-order valence-electron chi connectivity index (χ0n) is 14.8. The molecule has 1 rings (SSSR count). The number of hydrogen-bond donors (Lipinski definition) is 1. The maximum absolute atomic E-state index is 12.5. The molecule has 1 N–H and O–H groups in total. The molecule has 0 bridgehead atoms. The molecule has 136 valence electrons. The van der Waals surface area contributed by atoms with Crippen molar-refractivity contribution in [1.29, 1.82) is 0 Å². The van der Waals surface area contributed by atoms with Crippen molar-refractivity contribution < 1.29 is 23.1 Å². The second-order valence-corrected chi connectivity index (χ2v) is 7.94. The fraction of sp³-hybridized carbons (Fsp3) is 0.562. The molecule has 0 saturated carbocycles. The first-order valence-corrected chi connectivity index (χ1v) is 9.05. The van der Waals surface area contributed by atoms with Gasteiger partial charge in [-0.2, -0.15) is 4.31 Å². The van der Waals surface area contributed by atoms with E-state index in [0.717, 1.165) is 0 Å². The summed E-state index contributed by atoms with van der Waals surface area (Å²) in [5, 5.41) is 9.71. The van der Waals surface area contributed by atoms with Gasteiger partial charge in [-0.25, -0.2) is 8.42 Å². The summed E-state index contributed by atoms with van der Waals surface area (Å²) in [5.41, 5.74) is 0.250. The Morgan fingerprint density at radius 1 is 1.29 bits per heavy atom. The molecule has 1 aromatic rings. The topological polar surface area (TPSA) is 87.1 Å². The largest absolute Gasteiger partial charge is 0.389 e. The highest BCUT2D eigenvalue weighted by Gasteiger charge is 2.24. The van der Waals surface area contributed by atoms with E-state index in [-0.39, 0.29) is 35.6 Å². The van der Waals surface area contributed by atoms with Crippen LogP contribution in [0.2, 0.25) is 0 Å². The Morgan fingerprint density at radius 2 is 1.92 bits per heavy atom. The van der Waals surface area contributed by atoms with E-state index in [1.807, 2.05) is 0 Å². The summed E-state index contributed by atoms with van der Waals surface area (Å²) in [6, 6.07) is 5.71. The minimum atomic E-state index is -3.66. The van der Waals surface area contributed by atoms with Gasteiger partial charge in [-0.1, -0.05) is 6.07 Å². The predicted molar refractivity (Wildman–Crippen MR) is 91.4 cm³/mol. The summed E-state index contributed by atoms with van der Waals surface area (Å²) in [4.78, 5) is 13.8. The predicted octanol–water partition coefficient (Wildman–Crippen LogP) is 0.795. The molecule has 0 saturated heterocycles. The van der Waals surface area contributed by atoms with Gasteiger partial charge in [0, 0.05) is 39.4 Å². The number of nitrogens with zero attached hydrogens (tertiary/aromatic N) is 2. The van der Waals surface area contributed by atoms with Crippen molar-refractivity contribution in [3.63, 3.8) is 0 Å². The Balaban J connectivity index is 3.02. The van der Waals surface area contributed by atoms with Crippen LogP contribution in [0.4, 0.5) is 0 Å². The fourth-order valence-corrected chi connectivity index (χ4v) is 3.51. The molecule has 1 aromatic carbocycles. The van der Waals surface area contributed by atoms with Crippen LogP contribution in [0.3, 0.4) is 0 Å². The van der Waals surface area contributed by atoms with E-state index < -0.39 is 16.1 Å². The van der Waals surface area contributed by atoms with Crippen LogP contribution in [0, 0.1) is 0 Å². The number of likely N-dealkylation sites (N-methyl/N-ethyl adjacent to an activating group) is 1. The number of carbonyl (C=O) groups excluding carboxylic acids is 1. The summed E-state index contributed by atoms with van der Waals surface area (Å²) in [7, 11) is 0.850. The molecule has 0 unspecified atom stereocenters. The number of ether oxygens (including phenoxy) is 1. The third-order valence-electron chi connectivity index (χ3n) is 3.68. The highest BCUT2D eigenvalue weighted by atomic mass is 32.2. The molecule has 0 aromatic heterocycles. The SMILES string of the molecule is COC[C@@H](O)CN(C)C(=O)c1cccc(S(=O)(=O)N(C)C(C)C)c1. The Labute approximate surface area is 143 Å². The Hall–Kier alpha value is -1.48. The number of amides is 1. The van der Waals surface area contributed by atoms with E-state index in [2.05, 4.69) is 0 Å². The third-order valence-corrected chi connectivity index (χ3v) is 5.71. The molecule has 0 fully saturated rings. The van der Waals surface area contributed by atoms with Gasteiger partial charge in [-0.3, -0.25) is 4.79 Å². The summed E-state index contributed by atoms with van der Waals surface area (Å²) in [6.45, 7) is 3.76. The molecule has 0 heterocycles. The number of carbonyl (C=O) groups is 1. The third kappa shape index (κ3) is 5.01. The second kappa shape index (κ2) is 8.57. The molecule has 24 heavy (non-hydrogen) atoms. The summed E-state index contributed by atoms with van der Waals surface area (Å²) in [6.07, 6.45) is -0.803. The van der Waals surface area contributed by atoms with Crippen LogP contribution < -0.4 is 0 Å². The maximum Gasteiger partial charge on any atom is 0.253 e. The quantitative estimate of drug-likeness (QED) is 0.743. The minimum absolute atomic E-state index is 0.0652. The van der Waals surface area contributed by atoms with Crippen molar-refractivity contribution in [3.05, 3.63) is 29.8 Å². The number of aliphatic hydroxyl groups excluding tert-OH is 1. The number of hydrogen-bond acceptors (Lipinski definition) is 5. The van der Waals surface area contributed by atoms with Crippen molar-refractivity contribution in [3.8, 4) is 0 Å². The molecule has 7 nitrogen and oxygen atoms in total. The van der Waals surface area contributed by atoms with E-state index >= 15 is 0 Å². The molecule has 1 amide bonds. The number of sulfonamides is 1. The van der Waals surface area contributed by atoms with Crippen molar-refractivity contribution in [2.24, 2.45) is 0 Å². The lowest BCUT2D eigenvalue weighted by atomic mass is 10.2. The van der Waals surface area contributed by atoms with Gasteiger partial charge in [0.05, 0.1) is 17.6 Å². The smallest absolute Gasteiger partial charge is 0.253 e. The van der Waals surface area contributed by atoms with Crippen LogP contribution in [0.1, 0.15) is 24.2 Å². The second-order valence-electron chi connectivity index (χ2n) is 5.94. The average Bonchev–Trinajstić information content (AvgIpc) is 2.53. The summed E-state index contributed by atoms with van der Waals surface area (Å²) in [5.74, 6) is -0.366. The van der Waals surface area contributed by atoms with Gasteiger partial charge < -0.3 is 14.7 Å². The first-order valence-electron chi connectivity index (χ1n) is 7.61. The number of benzene rings is 1. The lowest BCUT2D eigenvalue weighted by Crippen LogP contribution is -2.36. The van der Waals surface area contributed by atoms with E-state index in [1.54, 1.807) is 27.0 Å². The van der Waals surface area contributed by atoms with Gasteiger partial charge in [0.1, 0.15) is 0 Å². The van der Waals surface area contributed by atoms with Crippen LogP contribution in [0.5, 0.6) is 0 Å². The summed E-state index contributed by atoms with van der Waals surface area (Å²) >= 11 is 0. The molecule has 1 atom stereocenters. The van der Waals surface area contributed by atoms with Crippen molar-refractivity contribution in [2.45, 2.75) is 30.9 Å². The molecule has 0 aliphatic carbocycles. The molecule has 0 aliphatic heterocycles. The molecule has 0 radical (unpaired) electrons. The fourth-order valence-electron chi connectivity index (χ4n) is 2.10. The Bertz CT molecular complexity index is 660. The van der Waals surface area contributed by atoms with Crippen LogP contribution in [0.15, 0.2) is 29.2 Å². The lowest BCUT2D eigenvalue weighted by Gasteiger charge is -2.22. The minimum Gasteiger partial charge on any atom is -0.389 e. The van der Waals surface area contributed by atoms with Gasteiger partial charge in [0.25, 0.3) is 5.91 Å². The average molecular weight is 358 g/mol. The van der Waals surface area contributed by atoms with Crippen molar-refractivity contribution in [2.75, 3.05) is 34.4 Å². The first-order chi connectivity index (χ1) is 11.1. The number of rotatable bonds is 8. The van der Waals surface area contributed by atoms with Crippen LogP contribution in [0.25, 0.3) is 0 Å².